The third-order valence-corrected chi connectivity index (χ3v) is 3.38. The summed E-state index contributed by atoms with van der Waals surface area (Å²) < 4.78 is 0. The molecule has 0 spiro atoms. The Kier molecular flexibility index (Phi) is 4.77. The molecule has 0 aromatic heterocycles. The maximum atomic E-state index is 9.79. The quantitative estimate of drug-likeness (QED) is 0.600. The first-order valence-corrected chi connectivity index (χ1v) is 5.71. The molecule has 0 aliphatic heterocycles. The minimum atomic E-state index is -0.427. The van der Waals surface area contributed by atoms with Crippen LogP contribution < -0.4 is 0 Å². The fraction of sp³-hybridized carbons (Fsp3) is 0.833. The maximum absolute atomic E-state index is 9.79. The van der Waals surface area contributed by atoms with Gasteiger partial charge in [-0.15, -0.1) is 6.58 Å². The van der Waals surface area contributed by atoms with Gasteiger partial charge in [0.15, 0.2) is 0 Å². The molecule has 0 aromatic rings. The van der Waals surface area contributed by atoms with Gasteiger partial charge in [0, 0.05) is 0 Å². The summed E-state index contributed by atoms with van der Waals surface area (Å²) in [4.78, 5) is 0. The van der Waals surface area contributed by atoms with Crippen LogP contribution in [0.5, 0.6) is 0 Å². The van der Waals surface area contributed by atoms with Crippen LogP contribution in [0.15, 0.2) is 12.7 Å². The summed E-state index contributed by atoms with van der Waals surface area (Å²) in [6.45, 7) is 5.42. The number of aliphatic hydroxyl groups excluding tert-OH is 3. The molecule has 1 aliphatic rings. The predicted octanol–water partition coefficient (Wildman–Crippen LogP) is 1.08. The monoisotopic (exact) mass is 214 g/mol. The first-order valence-electron chi connectivity index (χ1n) is 5.71. The zero-order valence-corrected chi connectivity index (χ0v) is 9.34. The van der Waals surface area contributed by atoms with E-state index in [9.17, 15) is 15.3 Å². The van der Waals surface area contributed by atoms with Crippen LogP contribution in [0.4, 0.5) is 0 Å². The highest BCUT2D eigenvalue weighted by Crippen LogP contribution is 2.38. The Labute approximate surface area is 91.4 Å². The van der Waals surface area contributed by atoms with Crippen molar-refractivity contribution < 1.29 is 15.3 Å². The lowest BCUT2D eigenvalue weighted by Gasteiger charge is -2.22. The minimum absolute atomic E-state index is 0.104. The smallest absolute Gasteiger partial charge is 0.0599 e. The number of allylic oxidation sites excluding steroid dienone is 1. The summed E-state index contributed by atoms with van der Waals surface area (Å²) in [5.74, 6) is 0.212. The van der Waals surface area contributed by atoms with Crippen LogP contribution >= 0.6 is 0 Å². The molecule has 1 fully saturated rings. The number of hydrogen-bond donors (Lipinski definition) is 3. The lowest BCUT2D eigenvalue weighted by Crippen LogP contribution is -2.22. The Bertz CT molecular complexity index is 203. The highest BCUT2D eigenvalue weighted by Gasteiger charge is 2.40. The first-order chi connectivity index (χ1) is 7.06. The van der Waals surface area contributed by atoms with Gasteiger partial charge in [0.25, 0.3) is 0 Å². The van der Waals surface area contributed by atoms with Crippen molar-refractivity contribution >= 4 is 0 Å². The zero-order chi connectivity index (χ0) is 11.4. The van der Waals surface area contributed by atoms with Gasteiger partial charge in [0.1, 0.15) is 0 Å². The van der Waals surface area contributed by atoms with Gasteiger partial charge in [0.2, 0.25) is 0 Å². The van der Waals surface area contributed by atoms with Crippen molar-refractivity contribution in [2.75, 3.05) is 0 Å². The van der Waals surface area contributed by atoms with E-state index in [2.05, 4.69) is 6.58 Å². The van der Waals surface area contributed by atoms with E-state index >= 15 is 0 Å². The second kappa shape index (κ2) is 5.64. The third-order valence-electron chi connectivity index (χ3n) is 3.38. The molecule has 0 saturated heterocycles. The zero-order valence-electron chi connectivity index (χ0n) is 9.34. The van der Waals surface area contributed by atoms with Crippen molar-refractivity contribution in [1.82, 2.24) is 0 Å². The summed E-state index contributed by atoms with van der Waals surface area (Å²) in [6.07, 6.45) is 3.27. The fourth-order valence-corrected chi connectivity index (χ4v) is 2.53. The van der Waals surface area contributed by atoms with Crippen molar-refractivity contribution in [3.63, 3.8) is 0 Å². The lowest BCUT2D eigenvalue weighted by molar-refractivity contribution is 0.0922. The lowest BCUT2D eigenvalue weighted by atomic mass is 9.86. The van der Waals surface area contributed by atoms with E-state index in [1.54, 1.807) is 13.0 Å². The van der Waals surface area contributed by atoms with Crippen LogP contribution in [0.1, 0.15) is 32.6 Å². The van der Waals surface area contributed by atoms with Crippen molar-refractivity contribution in [1.29, 1.82) is 0 Å². The van der Waals surface area contributed by atoms with E-state index in [0.717, 1.165) is 12.8 Å². The van der Waals surface area contributed by atoms with Gasteiger partial charge >= 0.3 is 0 Å². The van der Waals surface area contributed by atoms with Gasteiger partial charge in [0.05, 0.1) is 18.3 Å². The second-order valence-electron chi connectivity index (χ2n) is 4.65. The summed E-state index contributed by atoms with van der Waals surface area (Å²) >= 11 is 0. The molecule has 3 heteroatoms. The normalized spacial score (nSPS) is 37.9. The summed E-state index contributed by atoms with van der Waals surface area (Å²) in [6, 6.07) is 0. The molecular weight excluding hydrogens is 192 g/mol. The van der Waals surface area contributed by atoms with E-state index in [1.807, 2.05) is 0 Å². The first kappa shape index (κ1) is 12.7. The Morgan fingerprint density at radius 1 is 1.33 bits per heavy atom. The summed E-state index contributed by atoms with van der Waals surface area (Å²) in [5, 5.41) is 28.8. The maximum Gasteiger partial charge on any atom is 0.0599 e. The second-order valence-corrected chi connectivity index (χ2v) is 4.65. The molecule has 1 aliphatic carbocycles. The van der Waals surface area contributed by atoms with Gasteiger partial charge in [-0.05, 0) is 44.4 Å². The van der Waals surface area contributed by atoms with Crippen LogP contribution in [0.3, 0.4) is 0 Å². The largest absolute Gasteiger partial charge is 0.393 e. The fourth-order valence-electron chi connectivity index (χ4n) is 2.53. The standard InChI is InChI=1S/C12H22O3/c1-3-4-9-10(6-5-8(2)13)12(15)7-11(9)14/h3,8-15H,1,4-7H2,2H3/t8-,9+,10+,11-,12+/m0/s1. The minimum Gasteiger partial charge on any atom is -0.393 e. The molecule has 0 aromatic carbocycles. The van der Waals surface area contributed by atoms with E-state index in [1.165, 1.54) is 0 Å². The molecule has 5 atom stereocenters. The van der Waals surface area contributed by atoms with Crippen molar-refractivity contribution in [2.45, 2.75) is 50.9 Å². The van der Waals surface area contributed by atoms with Crippen LogP contribution in [-0.2, 0) is 0 Å². The highest BCUT2D eigenvalue weighted by molar-refractivity contribution is 4.93. The molecule has 3 nitrogen and oxygen atoms in total. The number of aliphatic hydroxyl groups is 3. The van der Waals surface area contributed by atoms with Gasteiger partial charge < -0.3 is 15.3 Å². The SMILES string of the molecule is C=CC[C@@H]1[C@@H](CC[C@H](C)O)[C@H](O)C[C@@H]1O. The molecule has 0 amide bonds. The average Bonchev–Trinajstić information content (AvgIpc) is 2.40. The Morgan fingerprint density at radius 3 is 2.47 bits per heavy atom. The Morgan fingerprint density at radius 2 is 1.93 bits per heavy atom. The molecule has 1 rings (SSSR count). The molecule has 15 heavy (non-hydrogen) atoms. The summed E-state index contributed by atoms with van der Waals surface area (Å²) in [5.41, 5.74) is 0. The third kappa shape index (κ3) is 3.30. The van der Waals surface area contributed by atoms with Crippen LogP contribution in [-0.4, -0.2) is 33.6 Å². The van der Waals surface area contributed by atoms with Gasteiger partial charge in [-0.1, -0.05) is 6.08 Å². The van der Waals surface area contributed by atoms with E-state index in [-0.39, 0.29) is 17.9 Å². The molecule has 0 radical (unpaired) electrons. The van der Waals surface area contributed by atoms with E-state index in [0.29, 0.717) is 12.8 Å². The topological polar surface area (TPSA) is 60.7 Å². The highest BCUT2D eigenvalue weighted by atomic mass is 16.3. The molecular formula is C12H22O3. The molecule has 88 valence electrons. The van der Waals surface area contributed by atoms with Crippen molar-refractivity contribution in [2.24, 2.45) is 11.8 Å². The van der Waals surface area contributed by atoms with Gasteiger partial charge in [-0.2, -0.15) is 0 Å². The molecule has 3 N–H and O–H groups in total. The van der Waals surface area contributed by atoms with E-state index < -0.39 is 12.2 Å². The van der Waals surface area contributed by atoms with Crippen molar-refractivity contribution in [3.05, 3.63) is 12.7 Å². The van der Waals surface area contributed by atoms with Crippen LogP contribution in [0.2, 0.25) is 0 Å². The van der Waals surface area contributed by atoms with E-state index in [4.69, 9.17) is 0 Å². The number of rotatable bonds is 5. The molecule has 0 heterocycles. The molecule has 1 saturated carbocycles. The summed E-state index contributed by atoms with van der Waals surface area (Å²) in [7, 11) is 0. The van der Waals surface area contributed by atoms with Crippen LogP contribution in [0, 0.1) is 11.8 Å². The average molecular weight is 214 g/mol. The Balaban J connectivity index is 2.53. The number of hydrogen-bond acceptors (Lipinski definition) is 3. The van der Waals surface area contributed by atoms with Gasteiger partial charge in [-0.3, -0.25) is 0 Å². The van der Waals surface area contributed by atoms with Crippen LogP contribution in [0.25, 0.3) is 0 Å². The molecule has 0 unspecified atom stereocenters. The Hall–Kier alpha value is -0.380. The molecule has 0 bridgehead atoms. The van der Waals surface area contributed by atoms with Crippen molar-refractivity contribution in [3.8, 4) is 0 Å². The van der Waals surface area contributed by atoms with Gasteiger partial charge in [-0.25, -0.2) is 0 Å². The predicted molar refractivity (Wildman–Crippen MR) is 59.3 cm³/mol.